The van der Waals surface area contributed by atoms with Gasteiger partial charge in [0.1, 0.15) is 12.4 Å². The molecule has 0 aromatic heterocycles. The van der Waals surface area contributed by atoms with E-state index in [-0.39, 0.29) is 277 Å². The minimum atomic E-state index is -0.291. The molecule has 76 heavy (non-hydrogen) atoms. The Bertz CT molecular complexity index is 1910. The number of ketones is 2. The summed E-state index contributed by atoms with van der Waals surface area (Å²) in [6.07, 6.45) is 31.3. The molecular weight excluding hydrogens is 1170 g/mol. The number of Topliss-reactive ketones (excluding diaryl/α,β-unsaturated/α-hetero) is 2. The topological polar surface area (TPSA) is 214 Å². The maximum Gasteiger partial charge on any atom is 1.00 e. The van der Waals surface area contributed by atoms with Crippen LogP contribution in [0.3, 0.4) is 0 Å². The third-order valence-corrected chi connectivity index (χ3v) is 24.9. The van der Waals surface area contributed by atoms with Crippen LogP contribution in [-0.2, 0) is 14.3 Å². The van der Waals surface area contributed by atoms with E-state index in [1.807, 2.05) is 7.11 Å². The van der Waals surface area contributed by atoms with E-state index in [4.69, 9.17) is 25.5 Å². The summed E-state index contributed by atoms with van der Waals surface area (Å²) in [4.78, 5) is 24.6. The minimum Gasteiger partial charge on any atom is -0.870 e. The van der Waals surface area contributed by atoms with Crippen LogP contribution in [0.2, 0.25) is 0 Å². The van der Waals surface area contributed by atoms with Crippen molar-refractivity contribution >= 4 is 11.6 Å². The molecule has 0 spiro atoms. The van der Waals surface area contributed by atoms with Crippen LogP contribution in [0.15, 0.2) is 11.6 Å². The van der Waals surface area contributed by atoms with Gasteiger partial charge in [0.15, 0.2) is 5.78 Å². The fraction of sp³-hybridized carbons (Fsp3) is 0.889. The molecule has 0 aliphatic heterocycles. The number of allylic oxidation sites excluding steroid dienone is 1. The summed E-state index contributed by atoms with van der Waals surface area (Å²) in [5.41, 5.74) is 2.40. The smallest absolute Gasteiger partial charge is 0.870 e. The van der Waals surface area contributed by atoms with Crippen molar-refractivity contribution in [2.75, 3.05) is 13.7 Å². The van der Waals surface area contributed by atoms with Gasteiger partial charge in [-0.05, 0) is 155 Å². The zero-order chi connectivity index (χ0) is 47.5. The first-order valence-corrected chi connectivity index (χ1v) is 28.3. The van der Waals surface area contributed by atoms with Crippen molar-refractivity contribution in [3.8, 4) is 0 Å². The Balaban J connectivity index is 0.000000539. The Labute approximate surface area is 611 Å². The van der Waals surface area contributed by atoms with Crippen LogP contribution in [-0.4, -0.2) is 86.6 Å². The van der Waals surface area contributed by atoms with Crippen LogP contribution in [0, 0.1) is 124 Å². The zero-order valence-electron chi connectivity index (χ0n) is 46.9. The van der Waals surface area contributed by atoms with Crippen LogP contribution >= 0.6 is 0 Å². The van der Waals surface area contributed by atoms with Crippen molar-refractivity contribution in [3.63, 3.8) is 0 Å². The molecule has 0 heterocycles. The fourth-order valence-corrected chi connectivity index (χ4v) is 21.2. The number of carbonyl (C=O) groups excluding carboxylic acids is 2. The molecule has 12 aliphatic carbocycles. The maximum absolute atomic E-state index is 12.4. The van der Waals surface area contributed by atoms with Gasteiger partial charge in [-0.3, -0.25) is 9.59 Å². The van der Waals surface area contributed by atoms with Crippen LogP contribution in [0.1, 0.15) is 210 Å². The number of carbonyl (C=O) groups is 2. The predicted octanol–water partition coefficient (Wildman–Crippen LogP) is 3.68. The van der Waals surface area contributed by atoms with Gasteiger partial charge in [0, 0.05) is 24.9 Å². The summed E-state index contributed by atoms with van der Waals surface area (Å²) in [5.74, 6) is 8.23. The van der Waals surface area contributed by atoms with Gasteiger partial charge in [-0.2, -0.15) is 10.8 Å². The van der Waals surface area contributed by atoms with Gasteiger partial charge in [-0.1, -0.05) is 136 Å². The molecule has 0 aromatic rings. The van der Waals surface area contributed by atoms with Crippen molar-refractivity contribution in [3.05, 3.63) is 32.4 Å². The number of rotatable bonds is 3. The molecule has 0 radical (unpaired) electrons. The summed E-state index contributed by atoms with van der Waals surface area (Å²) in [7, 11) is 1.90. The van der Waals surface area contributed by atoms with E-state index in [1.54, 1.807) is 0 Å². The normalized spacial score (nSPS) is 48.3. The van der Waals surface area contributed by atoms with E-state index in [0.717, 1.165) is 120 Å². The molecule has 12 aliphatic rings. The summed E-state index contributed by atoms with van der Waals surface area (Å²) in [6, 6.07) is 0. The van der Waals surface area contributed by atoms with Crippen LogP contribution in [0.4, 0.5) is 0 Å². The predicted molar refractivity (Wildman–Crippen MR) is 290 cm³/mol. The van der Waals surface area contributed by atoms with Crippen molar-refractivity contribution in [2.24, 2.45) is 104 Å². The van der Waals surface area contributed by atoms with Crippen molar-refractivity contribution in [1.29, 1.82) is 0 Å². The summed E-state index contributed by atoms with van der Waals surface area (Å²) < 4.78 is 5.85. The van der Waals surface area contributed by atoms with Crippen LogP contribution in [0.5, 0.6) is 0 Å². The second-order valence-electron chi connectivity index (χ2n) is 27.1. The molecule has 0 unspecified atom stereocenters. The standard InChI is InChI=1S/C21H33O3.C20H31O2.C19H29O2.3CH4.3H2O.3Rb/c1-20-9-7-14(23)11-13(20)3-4-15-16-5-6-18(19(24)12-22)21(16,2)10-8-17(15)20;1-19-10-8-14(21)12-13(19)4-5-15-16-6-7-18(22-3)20(16,2)11-9-17(15)19;1-18-9-7-13(20)11-12(18)3-4-14-15-5-6-17(21)19(15,2)10-8-16(14)18;;;;;;;;;/h13-18,22-23H,1,3-12H2,2H3;4,14-18,21H,1,5-12H2,2-3H3;12-16,20H,1,3-11H2,2H3;3*1H4;3*1H2;;;/q3*-1;;;;;;;3*+1/p-3/t13-,14+,15-,16-,17-,18+,20-,21-;14-,15+,16+,17+,18+,19+,20+;12-,13+,14-,15-,16-,18-,19-;;;;;;;;;/m010........./s1. The number of ether oxygens (including phenoxy) is 1. The maximum atomic E-state index is 12.4. The molecule has 0 aromatic carbocycles. The van der Waals surface area contributed by atoms with E-state index >= 15 is 0 Å². The molecular formula is C63H108O10Rb3-3. The average molecular weight is 1280 g/mol. The molecule has 7 N–H and O–H groups in total. The summed E-state index contributed by atoms with van der Waals surface area (Å²) in [5, 5.41) is 39.5. The number of fused-ring (bicyclic) bond motifs is 15. The largest absolute Gasteiger partial charge is 1.00 e. The van der Waals surface area contributed by atoms with E-state index in [1.165, 1.54) is 76.2 Å². The Morgan fingerprint density at radius 3 is 1.64 bits per heavy atom. The van der Waals surface area contributed by atoms with Gasteiger partial charge in [-0.25, -0.2) is 0 Å². The Morgan fingerprint density at radius 1 is 0.579 bits per heavy atom. The van der Waals surface area contributed by atoms with Crippen LogP contribution in [0.25, 0.3) is 0 Å². The van der Waals surface area contributed by atoms with E-state index in [2.05, 4.69) is 26.8 Å². The molecule has 10 nitrogen and oxygen atoms in total. The second-order valence-corrected chi connectivity index (χ2v) is 27.1. The van der Waals surface area contributed by atoms with Gasteiger partial charge >= 0.3 is 175 Å². The van der Waals surface area contributed by atoms with E-state index in [0.29, 0.717) is 58.7 Å². The van der Waals surface area contributed by atoms with Gasteiger partial charge in [-0.15, -0.1) is 5.41 Å². The van der Waals surface area contributed by atoms with Crippen molar-refractivity contribution in [1.82, 2.24) is 0 Å². The molecule has 22 atom stereocenters. The molecule has 0 bridgehead atoms. The van der Waals surface area contributed by atoms with Crippen molar-refractivity contribution in [2.45, 2.75) is 234 Å². The molecule has 0 saturated heterocycles. The SMILES string of the molecule is C.C.C.[CH2-][C@]12CC[C@@H](O)CC1=CC[C@H]1[C@@H]3CC[C@H](OC)[C@@]3(C)CC[C@@H]12.[CH2-][C@]12CC[C@@H](O)C[C@@H]1CC[C@@H]1[C@@H]2CC[C@]2(C)C(=O)CC[C@@H]12.[CH2-][C@]12CC[C@@H](O)C[C@@H]1CC[C@@H]1[C@@H]2CC[C@]2(C)[C@@H](C(=O)CO)CC[C@@H]12.[OH-].[OH-].[OH-].[Rb+].[Rb+].[Rb+]. The molecule has 426 valence electrons. The first kappa shape index (κ1) is 78.2. The minimum absolute atomic E-state index is 0. The second kappa shape index (κ2) is 30.4. The first-order valence-electron chi connectivity index (χ1n) is 28.3. The third kappa shape index (κ3) is 13.4. The Kier molecular flexibility index (Phi) is 31.3. The first-order chi connectivity index (χ1) is 31.8. The van der Waals surface area contributed by atoms with Gasteiger partial charge in [0.2, 0.25) is 0 Å². The number of aliphatic hydroxyl groups excluding tert-OH is 4. The zero-order valence-corrected chi connectivity index (χ0v) is 61.6. The number of hydrogen-bond acceptors (Lipinski definition) is 10. The van der Waals surface area contributed by atoms with E-state index in [9.17, 15) is 30.0 Å². The van der Waals surface area contributed by atoms with Gasteiger partial charge < -0.3 is 62.4 Å². The molecule has 13 heteroatoms. The summed E-state index contributed by atoms with van der Waals surface area (Å²) in [6.45, 7) is 21.0. The fourth-order valence-electron chi connectivity index (χ4n) is 21.2. The number of aliphatic hydroxyl groups is 4. The van der Waals surface area contributed by atoms with Gasteiger partial charge in [0.25, 0.3) is 0 Å². The van der Waals surface area contributed by atoms with Crippen molar-refractivity contribution < 1.29 is 226 Å². The van der Waals surface area contributed by atoms with Crippen LogP contribution < -0.4 is 175 Å². The number of hydrogen-bond donors (Lipinski definition) is 4. The Morgan fingerprint density at radius 2 is 1.08 bits per heavy atom. The number of methoxy groups -OCH3 is 1. The summed E-state index contributed by atoms with van der Waals surface area (Å²) >= 11 is 0. The third-order valence-electron chi connectivity index (χ3n) is 24.9. The monoisotopic (exact) mass is 1280 g/mol. The average Bonchev–Trinajstić information content (AvgIpc) is 3.96. The Hall–Kier alpha value is 4.18. The molecule has 0 amide bonds. The van der Waals surface area contributed by atoms with Gasteiger partial charge in [0.05, 0.1) is 24.4 Å². The molecule has 11 saturated carbocycles. The molecule has 12 rings (SSSR count). The van der Waals surface area contributed by atoms with E-state index < -0.39 is 0 Å². The molecule has 11 fully saturated rings. The quantitative estimate of drug-likeness (QED) is 0.238.